The number of carbonyl (C=O) groups excluding carboxylic acids is 2. The molecule has 1 saturated carbocycles. The van der Waals surface area contributed by atoms with Crippen LogP contribution in [0.15, 0.2) is 24.3 Å². The summed E-state index contributed by atoms with van der Waals surface area (Å²) >= 11 is 0. The molecule has 4 rings (SSSR count). The van der Waals surface area contributed by atoms with Gasteiger partial charge < -0.3 is 9.80 Å². The number of likely N-dealkylation sites (tertiary alicyclic amines) is 1. The average molecular weight is 312 g/mol. The minimum atomic E-state index is -0.259. The summed E-state index contributed by atoms with van der Waals surface area (Å²) < 4.78 is 0. The van der Waals surface area contributed by atoms with E-state index in [4.69, 9.17) is 0 Å². The molecular formula is C19H24N2O2. The smallest absolute Gasteiger partial charge is 0.249 e. The van der Waals surface area contributed by atoms with E-state index in [9.17, 15) is 9.59 Å². The van der Waals surface area contributed by atoms with E-state index < -0.39 is 0 Å². The molecule has 2 heterocycles. The molecule has 2 fully saturated rings. The molecule has 3 aliphatic rings. The van der Waals surface area contributed by atoms with Gasteiger partial charge >= 0.3 is 0 Å². The van der Waals surface area contributed by atoms with Crippen LogP contribution in [0, 0.1) is 5.92 Å². The highest BCUT2D eigenvalue weighted by atomic mass is 16.2. The number of hydrogen-bond donors (Lipinski definition) is 0. The predicted molar refractivity (Wildman–Crippen MR) is 89.3 cm³/mol. The lowest BCUT2D eigenvalue weighted by atomic mass is 9.87. The minimum Gasteiger partial charge on any atom is -0.330 e. The molecule has 1 aliphatic carbocycles. The number of nitrogens with zero attached hydrogens (tertiary/aromatic N) is 2. The Morgan fingerprint density at radius 1 is 1.09 bits per heavy atom. The molecule has 1 aromatic carbocycles. The van der Waals surface area contributed by atoms with E-state index in [1.807, 2.05) is 28.0 Å². The molecular weight excluding hydrogens is 288 g/mol. The van der Waals surface area contributed by atoms with Crippen molar-refractivity contribution in [3.8, 4) is 0 Å². The van der Waals surface area contributed by atoms with E-state index in [0.717, 1.165) is 37.9 Å². The standard InChI is InChI=1S/C19H24N2O2/c1-19(2)12-21(15-7-4-3-6-14(15)19)18(23)16-8-5-11-20(16)17(22)13-9-10-13/h3-4,6-7,13,16H,5,8-12H2,1-2H3/t16-/m0/s1. The number of para-hydroxylation sites is 1. The highest BCUT2D eigenvalue weighted by molar-refractivity contribution is 6.01. The van der Waals surface area contributed by atoms with Crippen molar-refractivity contribution in [3.05, 3.63) is 29.8 Å². The third-order valence-electron chi connectivity index (χ3n) is 5.49. The molecule has 4 heteroatoms. The first-order chi connectivity index (χ1) is 11.0. The maximum Gasteiger partial charge on any atom is 0.249 e. The molecule has 1 aromatic rings. The number of anilines is 1. The third-order valence-corrected chi connectivity index (χ3v) is 5.49. The van der Waals surface area contributed by atoms with Gasteiger partial charge in [-0.15, -0.1) is 0 Å². The first-order valence-electron chi connectivity index (χ1n) is 8.70. The van der Waals surface area contributed by atoms with Gasteiger partial charge in [0, 0.05) is 30.1 Å². The lowest BCUT2D eigenvalue weighted by Crippen LogP contribution is -2.48. The fourth-order valence-corrected chi connectivity index (χ4v) is 4.08. The van der Waals surface area contributed by atoms with Gasteiger partial charge in [-0.2, -0.15) is 0 Å². The maximum atomic E-state index is 13.2. The Morgan fingerprint density at radius 3 is 2.57 bits per heavy atom. The number of hydrogen-bond acceptors (Lipinski definition) is 2. The van der Waals surface area contributed by atoms with Crippen LogP contribution in [0.25, 0.3) is 0 Å². The van der Waals surface area contributed by atoms with Gasteiger partial charge in [0.25, 0.3) is 0 Å². The van der Waals surface area contributed by atoms with E-state index in [1.165, 1.54) is 5.56 Å². The highest BCUT2D eigenvalue weighted by Gasteiger charge is 2.45. The molecule has 0 radical (unpaired) electrons. The van der Waals surface area contributed by atoms with Crippen LogP contribution in [0.3, 0.4) is 0 Å². The Kier molecular flexibility index (Phi) is 3.26. The number of amides is 2. The fourth-order valence-electron chi connectivity index (χ4n) is 4.08. The van der Waals surface area contributed by atoms with Gasteiger partial charge in [-0.1, -0.05) is 32.0 Å². The highest BCUT2D eigenvalue weighted by Crippen LogP contribution is 2.41. The van der Waals surface area contributed by atoms with Crippen molar-refractivity contribution in [2.45, 2.75) is 51.0 Å². The fraction of sp³-hybridized carbons (Fsp3) is 0.579. The number of carbonyl (C=O) groups is 2. The molecule has 0 bridgehead atoms. The molecule has 1 atom stereocenters. The quantitative estimate of drug-likeness (QED) is 0.842. The van der Waals surface area contributed by atoms with Crippen LogP contribution in [0.1, 0.15) is 45.1 Å². The Balaban J connectivity index is 1.61. The van der Waals surface area contributed by atoms with E-state index in [-0.39, 0.29) is 29.2 Å². The van der Waals surface area contributed by atoms with Crippen molar-refractivity contribution in [3.63, 3.8) is 0 Å². The summed E-state index contributed by atoms with van der Waals surface area (Å²) in [6.07, 6.45) is 3.73. The third kappa shape index (κ3) is 2.35. The summed E-state index contributed by atoms with van der Waals surface area (Å²) in [5, 5.41) is 0. The van der Waals surface area contributed by atoms with Crippen molar-refractivity contribution in [2.75, 3.05) is 18.0 Å². The molecule has 1 saturated heterocycles. The second-order valence-electron chi connectivity index (χ2n) is 7.79. The topological polar surface area (TPSA) is 40.6 Å². The summed E-state index contributed by atoms with van der Waals surface area (Å²) in [4.78, 5) is 29.4. The van der Waals surface area contributed by atoms with E-state index in [1.54, 1.807) is 0 Å². The second-order valence-corrected chi connectivity index (χ2v) is 7.79. The van der Waals surface area contributed by atoms with Crippen LogP contribution >= 0.6 is 0 Å². The molecule has 23 heavy (non-hydrogen) atoms. The number of fused-ring (bicyclic) bond motifs is 1. The van der Waals surface area contributed by atoms with Crippen LogP contribution in [-0.2, 0) is 15.0 Å². The summed E-state index contributed by atoms with van der Waals surface area (Å²) in [7, 11) is 0. The normalized spacial score (nSPS) is 25.6. The largest absolute Gasteiger partial charge is 0.330 e. The zero-order valence-corrected chi connectivity index (χ0v) is 13.9. The minimum absolute atomic E-state index is 0.0316. The van der Waals surface area contributed by atoms with Gasteiger partial charge in [-0.3, -0.25) is 9.59 Å². The number of benzene rings is 1. The van der Waals surface area contributed by atoms with E-state index in [0.29, 0.717) is 6.54 Å². The van der Waals surface area contributed by atoms with Gasteiger partial charge in [-0.25, -0.2) is 0 Å². The Hall–Kier alpha value is -1.84. The lowest BCUT2D eigenvalue weighted by Gasteiger charge is -2.29. The number of rotatable bonds is 2. The van der Waals surface area contributed by atoms with Crippen LogP contribution in [-0.4, -0.2) is 35.8 Å². The molecule has 4 nitrogen and oxygen atoms in total. The van der Waals surface area contributed by atoms with E-state index >= 15 is 0 Å². The van der Waals surface area contributed by atoms with Crippen molar-refractivity contribution in [1.29, 1.82) is 0 Å². The molecule has 122 valence electrons. The monoisotopic (exact) mass is 312 g/mol. The van der Waals surface area contributed by atoms with Gasteiger partial charge in [-0.05, 0) is 37.3 Å². The molecule has 0 N–H and O–H groups in total. The summed E-state index contributed by atoms with van der Waals surface area (Å²) in [5.74, 6) is 0.493. The summed E-state index contributed by atoms with van der Waals surface area (Å²) in [6.45, 7) is 5.81. The zero-order valence-electron chi connectivity index (χ0n) is 13.9. The lowest BCUT2D eigenvalue weighted by molar-refractivity contribution is -0.138. The SMILES string of the molecule is CC1(C)CN(C(=O)[C@@H]2CCCN2C(=O)C2CC2)c2ccccc21. The van der Waals surface area contributed by atoms with Crippen LogP contribution in [0.4, 0.5) is 5.69 Å². The second kappa shape index (κ2) is 5.08. The van der Waals surface area contributed by atoms with Crippen molar-refractivity contribution in [1.82, 2.24) is 4.90 Å². The van der Waals surface area contributed by atoms with Gasteiger partial charge in [0.1, 0.15) is 6.04 Å². The predicted octanol–water partition coefficient (Wildman–Crippen LogP) is 2.71. The van der Waals surface area contributed by atoms with Gasteiger partial charge in [0.05, 0.1) is 0 Å². The first-order valence-corrected chi connectivity index (χ1v) is 8.70. The van der Waals surface area contributed by atoms with Crippen molar-refractivity contribution in [2.24, 2.45) is 5.92 Å². The van der Waals surface area contributed by atoms with Crippen LogP contribution < -0.4 is 4.90 Å². The Morgan fingerprint density at radius 2 is 1.83 bits per heavy atom. The molecule has 0 spiro atoms. The van der Waals surface area contributed by atoms with Crippen LogP contribution in [0.5, 0.6) is 0 Å². The maximum absolute atomic E-state index is 13.2. The summed E-state index contributed by atoms with van der Waals surface area (Å²) in [5.41, 5.74) is 2.22. The zero-order chi connectivity index (χ0) is 16.2. The Bertz CT molecular complexity index is 663. The molecule has 0 unspecified atom stereocenters. The van der Waals surface area contributed by atoms with Crippen molar-refractivity contribution < 1.29 is 9.59 Å². The van der Waals surface area contributed by atoms with Crippen molar-refractivity contribution >= 4 is 17.5 Å². The molecule has 2 aliphatic heterocycles. The average Bonchev–Trinajstić information content (AvgIpc) is 3.21. The first kappa shape index (κ1) is 14.7. The summed E-state index contributed by atoms with van der Waals surface area (Å²) in [6, 6.07) is 7.91. The van der Waals surface area contributed by atoms with Gasteiger partial charge in [0.2, 0.25) is 11.8 Å². The molecule has 2 amide bonds. The molecule has 0 aromatic heterocycles. The van der Waals surface area contributed by atoms with E-state index in [2.05, 4.69) is 19.9 Å². The van der Waals surface area contributed by atoms with Crippen LogP contribution in [0.2, 0.25) is 0 Å². The Labute approximate surface area is 137 Å². The van der Waals surface area contributed by atoms with Gasteiger partial charge in [0.15, 0.2) is 0 Å².